The zero-order valence-electron chi connectivity index (χ0n) is 78.1. The van der Waals surface area contributed by atoms with Gasteiger partial charge in [0.05, 0.1) is 39.6 Å². The zero-order valence-corrected chi connectivity index (χ0v) is 78.1. The van der Waals surface area contributed by atoms with Crippen molar-refractivity contribution < 1.29 is 85.6 Å². The molecular formula is C114H132O18. The fourth-order valence-corrected chi connectivity index (χ4v) is 14.8. The maximum atomic E-state index is 14.6. The van der Waals surface area contributed by atoms with Crippen LogP contribution in [0, 0.1) is 0 Å². The lowest BCUT2D eigenvalue weighted by Gasteiger charge is -2.18. The fourth-order valence-electron chi connectivity index (χ4n) is 14.8. The van der Waals surface area contributed by atoms with Crippen LogP contribution < -0.4 is 56.8 Å². The molecule has 0 amide bonds. The molecule has 0 atom stereocenters. The van der Waals surface area contributed by atoms with Crippen molar-refractivity contribution in [2.75, 3.05) is 39.6 Å². The first-order chi connectivity index (χ1) is 64.7. The third kappa shape index (κ3) is 36.1. The van der Waals surface area contributed by atoms with Crippen molar-refractivity contribution in [3.8, 4) is 69.0 Å². The lowest BCUT2D eigenvalue weighted by molar-refractivity contribution is -0.131. The predicted octanol–water partition coefficient (Wildman–Crippen LogP) is 29.0. The minimum absolute atomic E-state index is 0.234. The molecule has 0 aliphatic heterocycles. The molecule has 0 spiro atoms. The second-order valence-electron chi connectivity index (χ2n) is 33.1. The van der Waals surface area contributed by atoms with Crippen LogP contribution in [0.2, 0.25) is 0 Å². The fraction of sp³-hybridized carbons (Fsp3) is 0.368. The first-order valence-corrected chi connectivity index (χ1v) is 48.0. The molecule has 10 aromatic rings. The van der Waals surface area contributed by atoms with E-state index in [0.717, 1.165) is 154 Å². The molecule has 0 saturated heterocycles. The Kier molecular flexibility index (Phi) is 44.4. The molecule has 0 saturated carbocycles. The summed E-state index contributed by atoms with van der Waals surface area (Å²) in [6, 6.07) is 52.8. The highest BCUT2D eigenvalue weighted by Crippen LogP contribution is 2.48. The quantitative estimate of drug-likeness (QED) is 0.0114. The number of hydrogen-bond donors (Lipinski definition) is 0. The van der Waals surface area contributed by atoms with Gasteiger partial charge in [-0.2, -0.15) is 0 Å². The molecule has 0 bridgehead atoms. The first-order valence-electron chi connectivity index (χ1n) is 48.0. The lowest BCUT2D eigenvalue weighted by Crippen LogP contribution is -2.10. The Morgan fingerprint density at radius 1 is 0.182 bits per heavy atom. The number of ether oxygens (including phenoxy) is 12. The summed E-state index contributed by atoms with van der Waals surface area (Å²) in [4.78, 5) is 87.7. The third-order valence-corrected chi connectivity index (χ3v) is 22.2. The van der Waals surface area contributed by atoms with Crippen LogP contribution in [-0.2, 0) is 28.8 Å². The van der Waals surface area contributed by atoms with Crippen LogP contribution in [0.15, 0.2) is 218 Å². The van der Waals surface area contributed by atoms with Crippen LogP contribution in [0.4, 0.5) is 0 Å². The average molecular weight is 1790 g/mol. The minimum Gasteiger partial charge on any atom is -0.494 e. The topological polar surface area (TPSA) is 213 Å². The normalized spacial score (nSPS) is 11.6. The number of esters is 6. The van der Waals surface area contributed by atoms with Crippen LogP contribution in [-0.4, -0.2) is 75.5 Å². The summed E-state index contributed by atoms with van der Waals surface area (Å²) in [6.45, 7) is 16.5. The summed E-state index contributed by atoms with van der Waals surface area (Å²) in [5.41, 5.74) is 3.95. The van der Waals surface area contributed by atoms with E-state index in [-0.39, 0.29) is 66.8 Å². The number of carbonyl (C=O) groups is 6. The van der Waals surface area contributed by atoms with Gasteiger partial charge in [-0.3, -0.25) is 0 Å². The maximum absolute atomic E-state index is 14.6. The number of hydrogen-bond acceptors (Lipinski definition) is 18. The van der Waals surface area contributed by atoms with Gasteiger partial charge in [-0.1, -0.05) is 268 Å². The van der Waals surface area contributed by atoms with Gasteiger partial charge in [0.2, 0.25) is 0 Å². The van der Waals surface area contributed by atoms with Crippen LogP contribution in [0.5, 0.6) is 69.0 Å². The SMILES string of the molecule is CCCCCCCOc1ccc(C=CC(=O)Oc2cc3c4cc(OC(=O)C=Cc5ccc(OCCCCCCC)cc5)c(OC(=O)C=Cc5ccc(OCCCCCCC)cc5)cc4c4cc(OC(=O)C=Cc5ccc(OCCCCCCC)cc5)c(OC(=O)C=Cc5ccc(OCCCCCCC)cc5)cc4c3cc2OC(=O)C=Cc2ccc(OCCCCCCC)cc2)cc1. The number of carbonyl (C=O) groups excluding carboxylic acids is 6. The van der Waals surface area contributed by atoms with E-state index in [1.54, 1.807) is 36.5 Å². The third-order valence-electron chi connectivity index (χ3n) is 22.2. The summed E-state index contributed by atoms with van der Waals surface area (Å²) >= 11 is 0. The van der Waals surface area contributed by atoms with Gasteiger partial charge in [-0.15, -0.1) is 0 Å². The molecule has 0 fully saturated rings. The van der Waals surface area contributed by atoms with Crippen LogP contribution in [0.1, 0.15) is 268 Å². The Balaban J connectivity index is 1.12. The highest BCUT2D eigenvalue weighted by molar-refractivity contribution is 6.27. The summed E-state index contributed by atoms with van der Waals surface area (Å²) in [5.74, 6) is -2.50. The molecule has 18 nitrogen and oxygen atoms in total. The molecule has 132 heavy (non-hydrogen) atoms. The van der Waals surface area contributed by atoms with E-state index in [1.165, 1.54) is 111 Å². The second-order valence-corrected chi connectivity index (χ2v) is 33.1. The molecule has 0 radical (unpaired) electrons. The van der Waals surface area contributed by atoms with E-state index < -0.39 is 35.8 Å². The predicted molar refractivity (Wildman–Crippen MR) is 531 cm³/mol. The zero-order chi connectivity index (χ0) is 93.0. The van der Waals surface area contributed by atoms with Crippen molar-refractivity contribution in [3.63, 3.8) is 0 Å². The largest absolute Gasteiger partial charge is 0.494 e. The van der Waals surface area contributed by atoms with Crippen molar-refractivity contribution >= 4 is 105 Å². The van der Waals surface area contributed by atoms with Gasteiger partial charge < -0.3 is 56.8 Å². The Labute approximate surface area is 780 Å². The van der Waals surface area contributed by atoms with Crippen molar-refractivity contribution in [2.45, 2.75) is 234 Å². The van der Waals surface area contributed by atoms with E-state index in [9.17, 15) is 28.8 Å². The monoisotopic (exact) mass is 1790 g/mol. The summed E-state index contributed by atoms with van der Waals surface area (Å²) in [5, 5.41) is 1.66. The molecular weight excluding hydrogens is 1660 g/mol. The van der Waals surface area contributed by atoms with Gasteiger partial charge in [0.15, 0.2) is 34.5 Å². The molecule has 0 heterocycles. The van der Waals surface area contributed by atoms with Gasteiger partial charge in [0, 0.05) is 36.5 Å². The number of rotatable bonds is 60. The van der Waals surface area contributed by atoms with E-state index in [2.05, 4.69) is 41.5 Å². The van der Waals surface area contributed by atoms with Crippen molar-refractivity contribution in [2.24, 2.45) is 0 Å². The van der Waals surface area contributed by atoms with Crippen molar-refractivity contribution in [1.82, 2.24) is 0 Å². The Morgan fingerprint density at radius 2 is 0.311 bits per heavy atom. The molecule has 0 aromatic heterocycles. The lowest BCUT2D eigenvalue weighted by atomic mass is 9.93. The van der Waals surface area contributed by atoms with Crippen LogP contribution >= 0.6 is 0 Å². The van der Waals surface area contributed by atoms with Gasteiger partial charge >= 0.3 is 35.8 Å². The molecule has 10 aromatic carbocycles. The molecule has 10 rings (SSSR count). The molecule has 0 unspecified atom stereocenters. The molecule has 0 aliphatic rings. The number of unbranched alkanes of at least 4 members (excludes halogenated alkanes) is 24. The van der Waals surface area contributed by atoms with Crippen molar-refractivity contribution in [1.29, 1.82) is 0 Å². The number of fused-ring (bicyclic) bond motifs is 6. The molecule has 0 N–H and O–H groups in total. The van der Waals surface area contributed by atoms with Gasteiger partial charge in [0.25, 0.3) is 0 Å². The van der Waals surface area contributed by atoms with E-state index >= 15 is 0 Å². The van der Waals surface area contributed by atoms with E-state index in [1.807, 2.05) is 146 Å². The second kappa shape index (κ2) is 58.0. The average Bonchev–Trinajstić information content (AvgIpc) is 0.722. The Morgan fingerprint density at radius 3 is 0.439 bits per heavy atom. The van der Waals surface area contributed by atoms with Gasteiger partial charge in [-0.05, 0) is 250 Å². The first kappa shape index (κ1) is 101. The standard InChI is InChI=1S/C114H132O18/c1-7-13-19-25-31-73-121-91-55-37-85(38-56-91)49-67-109(115)127-103-79-97-98(80-104(103)128-110(116)68-50-86-39-57-92(58-40-86)122-74-32-26-20-14-8-2)100-82-106(130-112(118)70-52-88-43-61-94(62-44-88)124-76-34-28-22-16-10-4)108(132-114(120)72-54-90-47-65-96(66-48-90)126-78-36-30-24-18-12-6)84-102(100)101-83-107(131-113(119)71-53-89-45-63-95(64-46-89)125-77-35-29-23-17-11-5)105(81-99(97)101)129-111(117)69-51-87-41-59-93(60-42-87)123-75-33-27-21-15-9-3/h37-72,79-84H,7-36,73-78H2,1-6H3. The smallest absolute Gasteiger partial charge is 0.336 e. The summed E-state index contributed by atoms with van der Waals surface area (Å²) < 4.78 is 74.2. The van der Waals surface area contributed by atoms with Gasteiger partial charge in [0.1, 0.15) is 34.5 Å². The maximum Gasteiger partial charge on any atom is 0.336 e. The minimum atomic E-state index is -0.862. The number of benzene rings is 10. The highest BCUT2D eigenvalue weighted by atomic mass is 16.6. The molecule has 18 heteroatoms. The molecule has 0 aliphatic carbocycles. The van der Waals surface area contributed by atoms with Crippen LogP contribution in [0.3, 0.4) is 0 Å². The van der Waals surface area contributed by atoms with Gasteiger partial charge in [-0.25, -0.2) is 28.8 Å². The Bertz CT molecular complexity index is 4530. The highest BCUT2D eigenvalue weighted by Gasteiger charge is 2.25. The van der Waals surface area contributed by atoms with Crippen molar-refractivity contribution in [3.05, 3.63) is 252 Å². The van der Waals surface area contributed by atoms with E-state index in [4.69, 9.17) is 56.8 Å². The van der Waals surface area contributed by atoms with E-state index in [0.29, 0.717) is 108 Å². The van der Waals surface area contributed by atoms with Crippen LogP contribution in [0.25, 0.3) is 68.8 Å². The Hall–Kier alpha value is -13.0. The summed E-state index contributed by atoms with van der Waals surface area (Å²) in [7, 11) is 0. The molecule has 696 valence electrons. The summed E-state index contributed by atoms with van der Waals surface area (Å²) in [6.07, 6.45) is 49.7.